The molecule has 0 aliphatic carbocycles. The lowest BCUT2D eigenvalue weighted by molar-refractivity contribution is 0.0955. The van der Waals surface area contributed by atoms with Crippen LogP contribution >= 0.6 is 11.6 Å². The molecule has 0 bridgehead atoms. The summed E-state index contributed by atoms with van der Waals surface area (Å²) in [5.41, 5.74) is 10.1. The quantitative estimate of drug-likeness (QED) is 0.357. The fourth-order valence-electron chi connectivity index (χ4n) is 3.78. The first-order valence-corrected chi connectivity index (χ1v) is 11.1. The number of nitrogen functional groups attached to an aromatic ring is 1. The number of fused-ring (bicyclic) bond motifs is 2. The van der Waals surface area contributed by atoms with Crippen LogP contribution in [0, 0.1) is 0 Å². The standard InChI is InChI=1S/C24H26ClN5O/c1-2-3-4-5-8-14-27-24(31)20-21-23(29-19-13-7-6-12-18(19)28-21)30(22(20)26)17-11-9-10-16(25)15-17/h6-7,9-13,15H,2-5,8,14,26H2,1H3,(H,27,31). The van der Waals surface area contributed by atoms with Gasteiger partial charge in [-0.25, -0.2) is 9.97 Å². The lowest BCUT2D eigenvalue weighted by Gasteiger charge is -2.08. The monoisotopic (exact) mass is 435 g/mol. The minimum absolute atomic E-state index is 0.233. The summed E-state index contributed by atoms with van der Waals surface area (Å²) in [6, 6.07) is 14.9. The minimum atomic E-state index is -0.233. The molecule has 0 aliphatic rings. The van der Waals surface area contributed by atoms with Crippen LogP contribution in [0.5, 0.6) is 0 Å². The Hall–Kier alpha value is -3.12. The zero-order chi connectivity index (χ0) is 21.8. The van der Waals surface area contributed by atoms with Crippen LogP contribution in [0.2, 0.25) is 5.02 Å². The maximum absolute atomic E-state index is 13.1. The fraction of sp³-hybridized carbons (Fsp3) is 0.292. The van der Waals surface area contributed by atoms with Crippen molar-refractivity contribution in [3.8, 4) is 5.69 Å². The average molecular weight is 436 g/mol. The first-order chi connectivity index (χ1) is 15.1. The summed E-state index contributed by atoms with van der Waals surface area (Å²) in [6.07, 6.45) is 5.63. The first-order valence-electron chi connectivity index (χ1n) is 10.7. The molecule has 4 rings (SSSR count). The van der Waals surface area contributed by atoms with E-state index in [2.05, 4.69) is 12.2 Å². The number of benzene rings is 2. The molecule has 0 radical (unpaired) electrons. The van der Waals surface area contributed by atoms with Crippen LogP contribution in [0.15, 0.2) is 48.5 Å². The second kappa shape index (κ2) is 9.35. The van der Waals surface area contributed by atoms with Gasteiger partial charge in [-0.05, 0) is 36.8 Å². The summed E-state index contributed by atoms with van der Waals surface area (Å²) in [5.74, 6) is 0.0689. The molecule has 31 heavy (non-hydrogen) atoms. The van der Waals surface area contributed by atoms with E-state index in [0.717, 1.165) is 24.0 Å². The molecule has 6 nitrogen and oxygen atoms in total. The number of hydrogen-bond acceptors (Lipinski definition) is 4. The van der Waals surface area contributed by atoms with Crippen LogP contribution in [0.25, 0.3) is 27.9 Å². The number of anilines is 1. The van der Waals surface area contributed by atoms with Gasteiger partial charge in [0.05, 0.1) is 16.7 Å². The summed E-state index contributed by atoms with van der Waals surface area (Å²) in [7, 11) is 0. The van der Waals surface area contributed by atoms with Crippen molar-refractivity contribution in [3.63, 3.8) is 0 Å². The number of amides is 1. The van der Waals surface area contributed by atoms with E-state index in [0.29, 0.717) is 39.6 Å². The molecule has 160 valence electrons. The molecule has 3 N–H and O–H groups in total. The Balaban J connectivity index is 1.76. The Bertz CT molecular complexity index is 1230. The van der Waals surface area contributed by atoms with Gasteiger partial charge in [0.15, 0.2) is 5.65 Å². The second-order valence-electron chi connectivity index (χ2n) is 7.63. The summed E-state index contributed by atoms with van der Waals surface area (Å²) >= 11 is 6.21. The molecule has 0 fully saturated rings. The van der Waals surface area contributed by atoms with Gasteiger partial charge in [-0.1, -0.05) is 62.4 Å². The third kappa shape index (κ3) is 4.35. The minimum Gasteiger partial charge on any atom is -0.384 e. The van der Waals surface area contributed by atoms with Gasteiger partial charge in [-0.2, -0.15) is 0 Å². The van der Waals surface area contributed by atoms with Gasteiger partial charge in [-0.3, -0.25) is 9.36 Å². The average Bonchev–Trinajstić information content (AvgIpc) is 3.05. The van der Waals surface area contributed by atoms with E-state index < -0.39 is 0 Å². The molecule has 2 aromatic heterocycles. The van der Waals surface area contributed by atoms with Gasteiger partial charge in [0, 0.05) is 11.6 Å². The number of nitrogens with one attached hydrogen (secondary N) is 1. The predicted molar refractivity (Wildman–Crippen MR) is 127 cm³/mol. The Kier molecular flexibility index (Phi) is 6.37. The summed E-state index contributed by atoms with van der Waals surface area (Å²) in [5, 5.41) is 3.58. The lowest BCUT2D eigenvalue weighted by Crippen LogP contribution is -2.25. The zero-order valence-electron chi connectivity index (χ0n) is 17.6. The van der Waals surface area contributed by atoms with E-state index in [1.165, 1.54) is 19.3 Å². The van der Waals surface area contributed by atoms with Crippen molar-refractivity contribution in [1.29, 1.82) is 0 Å². The molecule has 0 spiro atoms. The van der Waals surface area contributed by atoms with Crippen molar-refractivity contribution >= 4 is 45.5 Å². The number of carbonyl (C=O) groups excluding carboxylic acids is 1. The van der Waals surface area contributed by atoms with Crippen LogP contribution in [0.4, 0.5) is 5.82 Å². The summed E-state index contributed by atoms with van der Waals surface area (Å²) in [6.45, 7) is 2.79. The molecule has 1 amide bonds. The normalized spacial score (nSPS) is 11.3. The maximum atomic E-state index is 13.1. The van der Waals surface area contributed by atoms with Gasteiger partial charge in [0.2, 0.25) is 0 Å². The van der Waals surface area contributed by atoms with Gasteiger partial charge in [0.25, 0.3) is 5.91 Å². The predicted octanol–water partition coefficient (Wildman–Crippen LogP) is 5.51. The fourth-order valence-corrected chi connectivity index (χ4v) is 3.97. The van der Waals surface area contributed by atoms with Gasteiger partial charge in [0.1, 0.15) is 16.9 Å². The number of carbonyl (C=O) groups is 1. The van der Waals surface area contributed by atoms with Crippen LogP contribution < -0.4 is 11.1 Å². The number of rotatable bonds is 8. The molecule has 0 atom stereocenters. The van der Waals surface area contributed by atoms with Crippen molar-refractivity contribution in [2.24, 2.45) is 0 Å². The smallest absolute Gasteiger partial charge is 0.257 e. The number of nitrogens with two attached hydrogens (primary N) is 1. The van der Waals surface area contributed by atoms with E-state index in [9.17, 15) is 4.79 Å². The molecular formula is C24H26ClN5O. The number of unbranched alkanes of at least 4 members (excludes halogenated alkanes) is 4. The van der Waals surface area contributed by atoms with Gasteiger partial charge >= 0.3 is 0 Å². The van der Waals surface area contributed by atoms with Gasteiger partial charge < -0.3 is 11.1 Å². The largest absolute Gasteiger partial charge is 0.384 e. The first kappa shape index (κ1) is 21.1. The van der Waals surface area contributed by atoms with Crippen LogP contribution in [-0.2, 0) is 0 Å². The molecule has 0 saturated carbocycles. The molecule has 0 unspecified atom stereocenters. The van der Waals surface area contributed by atoms with Crippen molar-refractivity contribution in [1.82, 2.24) is 19.9 Å². The summed E-state index contributed by atoms with van der Waals surface area (Å²) < 4.78 is 1.75. The highest BCUT2D eigenvalue weighted by atomic mass is 35.5. The highest BCUT2D eigenvalue weighted by molar-refractivity contribution is 6.30. The summed E-state index contributed by atoms with van der Waals surface area (Å²) in [4.78, 5) is 22.6. The Morgan fingerprint density at radius 2 is 1.77 bits per heavy atom. The number of hydrogen-bond donors (Lipinski definition) is 2. The number of aromatic nitrogens is 3. The Morgan fingerprint density at radius 1 is 1.03 bits per heavy atom. The van der Waals surface area contributed by atoms with Crippen molar-refractivity contribution in [2.75, 3.05) is 12.3 Å². The van der Waals surface area contributed by atoms with E-state index in [1.807, 2.05) is 36.4 Å². The van der Waals surface area contributed by atoms with Gasteiger partial charge in [-0.15, -0.1) is 0 Å². The zero-order valence-corrected chi connectivity index (χ0v) is 18.3. The Morgan fingerprint density at radius 3 is 2.52 bits per heavy atom. The molecule has 7 heteroatoms. The lowest BCUT2D eigenvalue weighted by atomic mass is 10.1. The Labute approximate surface area is 186 Å². The van der Waals surface area contributed by atoms with E-state index >= 15 is 0 Å². The SMILES string of the molecule is CCCCCCCNC(=O)c1c(N)n(-c2cccc(Cl)c2)c2nc3ccccc3nc12. The molecule has 4 aromatic rings. The molecular weight excluding hydrogens is 410 g/mol. The molecule has 2 heterocycles. The van der Waals surface area contributed by atoms with Crippen LogP contribution in [0.1, 0.15) is 49.4 Å². The molecule has 0 saturated heterocycles. The number of para-hydroxylation sites is 2. The van der Waals surface area contributed by atoms with Crippen molar-refractivity contribution in [2.45, 2.75) is 39.0 Å². The van der Waals surface area contributed by atoms with Crippen molar-refractivity contribution in [3.05, 3.63) is 59.1 Å². The second-order valence-corrected chi connectivity index (χ2v) is 8.07. The number of nitrogens with zero attached hydrogens (tertiary/aromatic N) is 3. The topological polar surface area (TPSA) is 85.8 Å². The van der Waals surface area contributed by atoms with Crippen LogP contribution in [0.3, 0.4) is 0 Å². The highest BCUT2D eigenvalue weighted by Crippen LogP contribution is 2.31. The van der Waals surface area contributed by atoms with E-state index in [1.54, 1.807) is 16.7 Å². The third-order valence-corrected chi connectivity index (χ3v) is 5.59. The maximum Gasteiger partial charge on any atom is 0.257 e. The molecule has 2 aromatic carbocycles. The van der Waals surface area contributed by atoms with E-state index in [4.69, 9.17) is 27.3 Å². The number of halogens is 1. The van der Waals surface area contributed by atoms with Crippen LogP contribution in [-0.4, -0.2) is 27.0 Å². The molecule has 0 aliphatic heterocycles. The van der Waals surface area contributed by atoms with E-state index in [-0.39, 0.29) is 5.91 Å². The third-order valence-electron chi connectivity index (χ3n) is 5.36. The highest BCUT2D eigenvalue weighted by Gasteiger charge is 2.24. The van der Waals surface area contributed by atoms with Crippen molar-refractivity contribution < 1.29 is 4.79 Å².